The van der Waals surface area contributed by atoms with Gasteiger partial charge in [0.15, 0.2) is 0 Å². The molecule has 3 rings (SSSR count). The number of alkyl halides is 3. The molecule has 6 heteroatoms. The fourth-order valence-corrected chi connectivity index (χ4v) is 4.49. The van der Waals surface area contributed by atoms with Crippen molar-refractivity contribution in [2.45, 2.75) is 38.0 Å². The molecule has 0 amide bonds. The molecule has 0 aromatic carbocycles. The lowest BCUT2D eigenvalue weighted by atomic mass is 9.78. The average molecular weight is 304 g/mol. The Bertz CT molecular complexity index is 471. The van der Waals surface area contributed by atoms with Crippen LogP contribution in [-0.4, -0.2) is 24.0 Å². The molecule has 2 heterocycles. The minimum absolute atomic E-state index is 0.271. The Balaban J connectivity index is 1.63. The standard InChI is InChI=1S/C14H19F3N2S/c15-14(16,17)13-5-4-10(20-13)7-19-6-9-2-1-3-12(18)11(9)8-19/h4-5,9,11-12H,1-3,6-8,18H2. The summed E-state index contributed by atoms with van der Waals surface area (Å²) >= 11 is 0.863. The molecular weight excluding hydrogens is 285 g/mol. The van der Waals surface area contributed by atoms with Crippen LogP contribution >= 0.6 is 11.3 Å². The normalized spacial score (nSPS) is 31.5. The molecule has 1 aliphatic heterocycles. The molecule has 1 saturated carbocycles. The molecular formula is C14H19F3N2S. The van der Waals surface area contributed by atoms with Gasteiger partial charge in [-0.25, -0.2) is 0 Å². The Kier molecular flexibility index (Phi) is 3.81. The summed E-state index contributed by atoms with van der Waals surface area (Å²) in [6.07, 6.45) is -0.725. The van der Waals surface area contributed by atoms with Gasteiger partial charge in [-0.3, -0.25) is 4.90 Å². The number of halogens is 3. The third kappa shape index (κ3) is 2.87. The molecule has 0 bridgehead atoms. The quantitative estimate of drug-likeness (QED) is 0.908. The highest BCUT2D eigenvalue weighted by Crippen LogP contribution is 2.38. The van der Waals surface area contributed by atoms with E-state index in [0.717, 1.165) is 35.7 Å². The van der Waals surface area contributed by atoms with Crippen LogP contribution < -0.4 is 5.73 Å². The lowest BCUT2D eigenvalue weighted by Crippen LogP contribution is -2.38. The van der Waals surface area contributed by atoms with Crippen molar-refractivity contribution in [3.63, 3.8) is 0 Å². The summed E-state index contributed by atoms with van der Waals surface area (Å²) in [4.78, 5) is 2.57. The van der Waals surface area contributed by atoms with Gasteiger partial charge in [0.1, 0.15) is 4.88 Å². The van der Waals surface area contributed by atoms with E-state index < -0.39 is 11.1 Å². The van der Waals surface area contributed by atoms with Crippen LogP contribution in [0.15, 0.2) is 12.1 Å². The fraction of sp³-hybridized carbons (Fsp3) is 0.714. The van der Waals surface area contributed by atoms with E-state index in [1.807, 2.05) is 0 Å². The van der Waals surface area contributed by atoms with Crippen molar-refractivity contribution in [3.8, 4) is 0 Å². The minimum Gasteiger partial charge on any atom is -0.327 e. The van der Waals surface area contributed by atoms with Gasteiger partial charge in [0, 0.05) is 30.6 Å². The van der Waals surface area contributed by atoms with Crippen molar-refractivity contribution in [2.24, 2.45) is 17.6 Å². The molecule has 2 nitrogen and oxygen atoms in total. The molecule has 2 N–H and O–H groups in total. The van der Waals surface area contributed by atoms with Crippen molar-refractivity contribution in [1.29, 1.82) is 0 Å². The maximum absolute atomic E-state index is 12.6. The number of fused-ring (bicyclic) bond motifs is 1. The van der Waals surface area contributed by atoms with Gasteiger partial charge in [-0.1, -0.05) is 6.42 Å². The van der Waals surface area contributed by atoms with Crippen LogP contribution in [0.5, 0.6) is 0 Å². The molecule has 2 aliphatic rings. The second-order valence-corrected chi connectivity index (χ2v) is 7.14. The molecule has 1 aromatic rings. The van der Waals surface area contributed by atoms with Gasteiger partial charge in [0.05, 0.1) is 0 Å². The van der Waals surface area contributed by atoms with Gasteiger partial charge in [-0.2, -0.15) is 13.2 Å². The van der Waals surface area contributed by atoms with E-state index in [9.17, 15) is 13.2 Å². The second-order valence-electron chi connectivity index (χ2n) is 5.98. The van der Waals surface area contributed by atoms with Crippen LogP contribution in [0.2, 0.25) is 0 Å². The van der Waals surface area contributed by atoms with E-state index >= 15 is 0 Å². The Morgan fingerprint density at radius 3 is 2.70 bits per heavy atom. The summed E-state index contributed by atoms with van der Waals surface area (Å²) in [5.74, 6) is 1.17. The highest BCUT2D eigenvalue weighted by molar-refractivity contribution is 7.12. The Morgan fingerprint density at radius 2 is 2.05 bits per heavy atom. The van der Waals surface area contributed by atoms with E-state index in [4.69, 9.17) is 5.73 Å². The molecule has 1 saturated heterocycles. The van der Waals surface area contributed by atoms with Crippen LogP contribution in [0.25, 0.3) is 0 Å². The molecule has 112 valence electrons. The maximum Gasteiger partial charge on any atom is 0.425 e. The van der Waals surface area contributed by atoms with Crippen molar-refractivity contribution in [3.05, 3.63) is 21.9 Å². The lowest BCUT2D eigenvalue weighted by molar-refractivity contribution is -0.134. The Hall–Kier alpha value is -0.590. The zero-order chi connectivity index (χ0) is 14.3. The van der Waals surface area contributed by atoms with Crippen LogP contribution in [0.1, 0.15) is 29.0 Å². The van der Waals surface area contributed by atoms with Gasteiger partial charge in [-0.15, -0.1) is 11.3 Å². The summed E-state index contributed by atoms with van der Waals surface area (Å²) in [6, 6.07) is 3.07. The van der Waals surface area contributed by atoms with Gasteiger partial charge in [0.25, 0.3) is 0 Å². The van der Waals surface area contributed by atoms with E-state index in [1.165, 1.54) is 18.9 Å². The molecule has 2 fully saturated rings. The number of hydrogen-bond donors (Lipinski definition) is 1. The van der Waals surface area contributed by atoms with Crippen LogP contribution in [0, 0.1) is 11.8 Å². The third-order valence-electron chi connectivity index (χ3n) is 4.55. The molecule has 0 spiro atoms. The molecule has 0 radical (unpaired) electrons. The number of nitrogens with two attached hydrogens (primary N) is 1. The molecule has 3 atom stereocenters. The third-order valence-corrected chi connectivity index (χ3v) is 5.66. The van der Waals surface area contributed by atoms with E-state index in [-0.39, 0.29) is 6.04 Å². The SMILES string of the molecule is NC1CCCC2CN(Cc3ccc(C(F)(F)F)s3)CC12. The van der Waals surface area contributed by atoms with Crippen LogP contribution in [0.3, 0.4) is 0 Å². The highest BCUT2D eigenvalue weighted by atomic mass is 32.1. The number of likely N-dealkylation sites (tertiary alicyclic amines) is 1. The monoisotopic (exact) mass is 304 g/mol. The summed E-state index contributed by atoms with van der Waals surface area (Å²) in [5.41, 5.74) is 6.16. The summed E-state index contributed by atoms with van der Waals surface area (Å²) < 4.78 is 37.8. The van der Waals surface area contributed by atoms with Gasteiger partial charge in [0.2, 0.25) is 0 Å². The van der Waals surface area contributed by atoms with Gasteiger partial charge < -0.3 is 5.73 Å². The predicted octanol–water partition coefficient (Wildman–Crippen LogP) is 3.33. The van der Waals surface area contributed by atoms with Crippen molar-refractivity contribution in [2.75, 3.05) is 13.1 Å². The fourth-order valence-electron chi connectivity index (χ4n) is 3.57. The molecule has 20 heavy (non-hydrogen) atoms. The van der Waals surface area contributed by atoms with Gasteiger partial charge in [-0.05, 0) is 36.8 Å². The second kappa shape index (κ2) is 5.31. The van der Waals surface area contributed by atoms with Crippen molar-refractivity contribution >= 4 is 11.3 Å². The zero-order valence-electron chi connectivity index (χ0n) is 11.2. The van der Waals surface area contributed by atoms with E-state index in [1.54, 1.807) is 6.07 Å². The van der Waals surface area contributed by atoms with E-state index in [0.29, 0.717) is 18.4 Å². The summed E-state index contributed by atoms with van der Waals surface area (Å²) in [6.45, 7) is 2.54. The summed E-state index contributed by atoms with van der Waals surface area (Å²) in [5, 5.41) is 0. The van der Waals surface area contributed by atoms with Crippen LogP contribution in [0.4, 0.5) is 13.2 Å². The highest BCUT2D eigenvalue weighted by Gasteiger charge is 2.39. The average Bonchev–Trinajstić information content (AvgIpc) is 2.96. The first-order valence-electron chi connectivity index (χ1n) is 7.07. The largest absolute Gasteiger partial charge is 0.425 e. The number of nitrogens with zero attached hydrogens (tertiary/aromatic N) is 1. The first kappa shape index (κ1) is 14.4. The smallest absolute Gasteiger partial charge is 0.327 e. The first-order chi connectivity index (χ1) is 9.43. The maximum atomic E-state index is 12.6. The number of rotatable bonds is 2. The van der Waals surface area contributed by atoms with Crippen molar-refractivity contribution < 1.29 is 13.2 Å². The van der Waals surface area contributed by atoms with Crippen LogP contribution in [-0.2, 0) is 12.7 Å². The Morgan fingerprint density at radius 1 is 1.25 bits per heavy atom. The Labute approximate surface area is 120 Å². The van der Waals surface area contributed by atoms with Gasteiger partial charge >= 0.3 is 6.18 Å². The predicted molar refractivity (Wildman–Crippen MR) is 73.4 cm³/mol. The number of hydrogen-bond acceptors (Lipinski definition) is 3. The number of thiophene rings is 1. The summed E-state index contributed by atoms with van der Waals surface area (Å²) in [7, 11) is 0. The topological polar surface area (TPSA) is 29.3 Å². The molecule has 3 unspecified atom stereocenters. The molecule has 1 aliphatic carbocycles. The van der Waals surface area contributed by atoms with Crippen molar-refractivity contribution in [1.82, 2.24) is 4.90 Å². The van der Waals surface area contributed by atoms with E-state index in [2.05, 4.69) is 4.90 Å². The molecule has 1 aromatic heterocycles. The zero-order valence-corrected chi connectivity index (χ0v) is 12.0. The first-order valence-corrected chi connectivity index (χ1v) is 7.89. The lowest BCUT2D eigenvalue weighted by Gasteiger charge is -2.29. The minimum atomic E-state index is -4.22.